The second-order valence-corrected chi connectivity index (χ2v) is 7.35. The number of rotatable bonds is 4. The van der Waals surface area contributed by atoms with Gasteiger partial charge >= 0.3 is 6.18 Å². The number of benzene rings is 2. The van der Waals surface area contributed by atoms with Gasteiger partial charge in [0.1, 0.15) is 11.9 Å². The van der Waals surface area contributed by atoms with Gasteiger partial charge in [-0.3, -0.25) is 4.68 Å². The summed E-state index contributed by atoms with van der Waals surface area (Å²) in [4.78, 5) is -0.329. The second-order valence-electron chi connectivity index (χ2n) is 5.64. The first kappa shape index (κ1) is 18.3. The van der Waals surface area contributed by atoms with Crippen LogP contribution in [0.4, 0.5) is 17.6 Å². The highest BCUT2D eigenvalue weighted by molar-refractivity contribution is 7.89. The van der Waals surface area contributed by atoms with Gasteiger partial charge < -0.3 is 0 Å². The first-order valence-electron chi connectivity index (χ1n) is 7.34. The zero-order valence-corrected chi connectivity index (χ0v) is 14.1. The summed E-state index contributed by atoms with van der Waals surface area (Å²) < 4.78 is 81.2. The van der Waals surface area contributed by atoms with Crippen molar-refractivity contribution in [1.82, 2.24) is 14.5 Å². The zero-order valence-electron chi connectivity index (χ0n) is 13.3. The Labute approximate surface area is 146 Å². The van der Waals surface area contributed by atoms with E-state index in [-0.39, 0.29) is 4.90 Å². The topological polar surface area (TPSA) is 64.0 Å². The Kier molecular flexibility index (Phi) is 4.49. The number of sulfonamides is 1. The first-order valence-corrected chi connectivity index (χ1v) is 8.82. The van der Waals surface area contributed by atoms with Gasteiger partial charge in [-0.15, -0.1) is 0 Å². The molecule has 1 aromatic heterocycles. The van der Waals surface area contributed by atoms with E-state index in [1.165, 1.54) is 29.1 Å². The molecule has 0 unspecified atom stereocenters. The minimum atomic E-state index is -4.90. The lowest BCUT2D eigenvalue weighted by Gasteiger charge is -2.22. The van der Waals surface area contributed by atoms with Crippen LogP contribution in [0, 0.1) is 5.82 Å². The van der Waals surface area contributed by atoms with E-state index in [9.17, 15) is 26.0 Å². The van der Waals surface area contributed by atoms with E-state index in [2.05, 4.69) is 5.10 Å². The van der Waals surface area contributed by atoms with Crippen LogP contribution in [-0.2, 0) is 17.1 Å². The molecule has 0 radical (unpaired) electrons. The number of alkyl halides is 3. The van der Waals surface area contributed by atoms with Crippen LogP contribution in [0.2, 0.25) is 0 Å². The molecule has 0 saturated heterocycles. The predicted molar refractivity (Wildman–Crippen MR) is 86.2 cm³/mol. The largest absolute Gasteiger partial charge is 0.408 e. The number of nitrogens with zero attached hydrogens (tertiary/aromatic N) is 2. The van der Waals surface area contributed by atoms with E-state index in [1.807, 2.05) is 0 Å². The SMILES string of the molecule is Cn1ncc2ccc(S(=O)(=O)N[C@H](c3ccc(F)cc3)C(F)(F)F)cc21. The third kappa shape index (κ3) is 3.56. The molecule has 5 nitrogen and oxygen atoms in total. The monoisotopic (exact) mass is 387 g/mol. The molecule has 0 saturated carbocycles. The fraction of sp³-hybridized carbons (Fsp3) is 0.188. The lowest BCUT2D eigenvalue weighted by molar-refractivity contribution is -0.153. The highest BCUT2D eigenvalue weighted by atomic mass is 32.2. The molecule has 2 aromatic carbocycles. The summed E-state index contributed by atoms with van der Waals surface area (Å²) >= 11 is 0. The van der Waals surface area contributed by atoms with Gasteiger partial charge in [0, 0.05) is 12.4 Å². The Morgan fingerprint density at radius 1 is 1.12 bits per heavy atom. The zero-order chi connectivity index (χ0) is 19.1. The summed E-state index contributed by atoms with van der Waals surface area (Å²) in [6.07, 6.45) is -3.39. The fourth-order valence-corrected chi connectivity index (χ4v) is 3.72. The molecule has 3 aromatic rings. The average molecular weight is 387 g/mol. The lowest BCUT2D eigenvalue weighted by atomic mass is 10.1. The maximum atomic E-state index is 13.4. The molecular weight excluding hydrogens is 374 g/mol. The van der Waals surface area contributed by atoms with Crippen LogP contribution in [0.25, 0.3) is 10.9 Å². The van der Waals surface area contributed by atoms with Crippen LogP contribution in [0.1, 0.15) is 11.6 Å². The van der Waals surface area contributed by atoms with Crippen molar-refractivity contribution >= 4 is 20.9 Å². The maximum Gasteiger partial charge on any atom is 0.408 e. The highest BCUT2D eigenvalue weighted by Gasteiger charge is 2.43. The molecule has 0 aliphatic heterocycles. The summed E-state index contributed by atoms with van der Waals surface area (Å²) in [7, 11) is -2.91. The van der Waals surface area contributed by atoms with Crippen molar-refractivity contribution < 1.29 is 26.0 Å². The molecule has 3 rings (SSSR count). The predicted octanol–water partition coefficient (Wildman–Crippen LogP) is 3.29. The number of aromatic nitrogens is 2. The molecule has 0 amide bonds. The van der Waals surface area contributed by atoms with Gasteiger partial charge in [0.25, 0.3) is 0 Å². The number of fused-ring (bicyclic) bond motifs is 1. The molecule has 0 aliphatic carbocycles. The van der Waals surface area contributed by atoms with E-state index >= 15 is 0 Å². The molecule has 1 heterocycles. The van der Waals surface area contributed by atoms with Crippen molar-refractivity contribution in [2.75, 3.05) is 0 Å². The van der Waals surface area contributed by atoms with Crippen LogP contribution in [0.3, 0.4) is 0 Å². The van der Waals surface area contributed by atoms with E-state index in [0.717, 1.165) is 24.3 Å². The third-order valence-electron chi connectivity index (χ3n) is 3.83. The fourth-order valence-electron chi connectivity index (χ4n) is 2.49. The van der Waals surface area contributed by atoms with Gasteiger partial charge in [-0.2, -0.15) is 23.0 Å². The van der Waals surface area contributed by atoms with Crippen molar-refractivity contribution in [2.24, 2.45) is 7.05 Å². The van der Waals surface area contributed by atoms with Gasteiger partial charge in [0.15, 0.2) is 0 Å². The van der Waals surface area contributed by atoms with Crippen LogP contribution < -0.4 is 4.72 Å². The van der Waals surface area contributed by atoms with E-state index in [1.54, 1.807) is 11.8 Å². The summed E-state index contributed by atoms with van der Waals surface area (Å²) in [5.74, 6) is -0.723. The van der Waals surface area contributed by atoms with Crippen molar-refractivity contribution in [1.29, 1.82) is 0 Å². The molecule has 10 heteroatoms. The summed E-state index contributed by atoms with van der Waals surface area (Å²) in [5.41, 5.74) is 0.0438. The number of halogens is 4. The van der Waals surface area contributed by atoms with Crippen molar-refractivity contribution in [3.05, 3.63) is 60.0 Å². The molecule has 26 heavy (non-hydrogen) atoms. The third-order valence-corrected chi connectivity index (χ3v) is 5.26. The van der Waals surface area contributed by atoms with Gasteiger partial charge in [0.2, 0.25) is 10.0 Å². The van der Waals surface area contributed by atoms with E-state index in [0.29, 0.717) is 10.9 Å². The number of hydrogen-bond acceptors (Lipinski definition) is 3. The Balaban J connectivity index is 2.00. The van der Waals surface area contributed by atoms with Crippen molar-refractivity contribution in [3.8, 4) is 0 Å². The summed E-state index contributed by atoms with van der Waals surface area (Å²) in [6.45, 7) is 0. The average Bonchev–Trinajstić information content (AvgIpc) is 2.93. The molecule has 138 valence electrons. The Hall–Kier alpha value is -2.46. The minimum Gasteiger partial charge on any atom is -0.268 e. The summed E-state index contributed by atoms with van der Waals surface area (Å²) in [6, 6.07) is 4.84. The normalized spacial score (nSPS) is 13.9. The van der Waals surface area contributed by atoms with E-state index < -0.39 is 33.6 Å². The van der Waals surface area contributed by atoms with Gasteiger partial charge in [-0.05, 0) is 35.9 Å². The van der Waals surface area contributed by atoms with Crippen LogP contribution in [0.15, 0.2) is 53.6 Å². The molecular formula is C16H13F4N3O2S. The maximum absolute atomic E-state index is 13.4. The highest BCUT2D eigenvalue weighted by Crippen LogP contribution is 2.34. The van der Waals surface area contributed by atoms with Crippen LogP contribution in [-0.4, -0.2) is 24.4 Å². The first-order chi connectivity index (χ1) is 12.1. The quantitative estimate of drug-likeness (QED) is 0.699. The molecule has 0 fully saturated rings. The van der Waals surface area contributed by atoms with Gasteiger partial charge in [-0.1, -0.05) is 12.1 Å². The van der Waals surface area contributed by atoms with Gasteiger partial charge in [0.05, 0.1) is 16.6 Å². The van der Waals surface area contributed by atoms with E-state index in [4.69, 9.17) is 0 Å². The standard InChI is InChI=1S/C16H13F4N3O2S/c1-23-14-8-13(7-4-11(14)9-21-23)26(24,25)22-15(16(18,19)20)10-2-5-12(17)6-3-10/h2-9,15,22H,1H3/t15-/m1/s1. The van der Waals surface area contributed by atoms with Crippen LogP contribution in [0.5, 0.6) is 0 Å². The number of hydrogen-bond donors (Lipinski definition) is 1. The molecule has 1 N–H and O–H groups in total. The molecule has 0 aliphatic rings. The lowest BCUT2D eigenvalue weighted by Crippen LogP contribution is -2.38. The number of nitrogens with one attached hydrogen (secondary N) is 1. The Morgan fingerprint density at radius 3 is 2.38 bits per heavy atom. The second kappa shape index (κ2) is 6.36. The molecule has 1 atom stereocenters. The van der Waals surface area contributed by atoms with Gasteiger partial charge in [-0.25, -0.2) is 12.8 Å². The smallest absolute Gasteiger partial charge is 0.268 e. The molecule has 0 spiro atoms. The summed E-state index contributed by atoms with van der Waals surface area (Å²) in [5, 5.41) is 4.61. The minimum absolute atomic E-state index is 0.329. The Morgan fingerprint density at radius 2 is 1.77 bits per heavy atom. The van der Waals surface area contributed by atoms with Crippen molar-refractivity contribution in [2.45, 2.75) is 17.1 Å². The Bertz CT molecular complexity index is 1040. The van der Waals surface area contributed by atoms with Crippen molar-refractivity contribution in [3.63, 3.8) is 0 Å². The molecule has 0 bridgehead atoms. The number of aryl methyl sites for hydroxylation is 1. The van der Waals surface area contributed by atoms with Crippen LogP contribution >= 0.6 is 0 Å².